The summed E-state index contributed by atoms with van der Waals surface area (Å²) < 4.78 is 53.1. The molecular formula is C25H25F3N6O3. The van der Waals surface area contributed by atoms with Gasteiger partial charge in [0.25, 0.3) is 5.91 Å². The van der Waals surface area contributed by atoms with E-state index >= 15 is 0 Å². The highest BCUT2D eigenvalue weighted by molar-refractivity contribution is 5.95. The molecule has 194 valence electrons. The van der Waals surface area contributed by atoms with E-state index in [-0.39, 0.29) is 23.8 Å². The number of hydrogen-bond donors (Lipinski definition) is 1. The number of ether oxygens (including phenoxy) is 2. The number of pyridine rings is 1. The Hall–Kier alpha value is -3.98. The van der Waals surface area contributed by atoms with Crippen molar-refractivity contribution in [3.8, 4) is 17.6 Å². The van der Waals surface area contributed by atoms with E-state index < -0.39 is 23.7 Å². The molecule has 1 aliphatic heterocycles. The van der Waals surface area contributed by atoms with E-state index in [1.807, 2.05) is 6.07 Å². The Labute approximate surface area is 211 Å². The lowest BCUT2D eigenvalue weighted by Crippen LogP contribution is -2.29. The molecule has 1 atom stereocenters. The molecule has 4 rings (SSSR count). The molecule has 0 saturated carbocycles. The van der Waals surface area contributed by atoms with Gasteiger partial charge in [0.05, 0.1) is 23.8 Å². The van der Waals surface area contributed by atoms with Gasteiger partial charge in [0, 0.05) is 25.0 Å². The highest BCUT2D eigenvalue weighted by Crippen LogP contribution is 2.33. The fourth-order valence-corrected chi connectivity index (χ4v) is 3.91. The zero-order valence-electron chi connectivity index (χ0n) is 20.2. The standard InChI is InChI=1S/C25H25F3N6O3/c1-15(23-32-16(2)33-34(23)22-4-3-18(12-29)13-30-22)31-24(35)19-9-20(25(26,27)28)11-21(10-19)37-14-17-5-7-36-8-6-17/h3-4,9-11,13,15,17H,5-8,14H2,1-2H3,(H,31,35). The molecule has 0 radical (unpaired) electrons. The van der Waals surface area contributed by atoms with Crippen LogP contribution in [0.15, 0.2) is 36.5 Å². The normalized spacial score (nSPS) is 15.1. The fourth-order valence-electron chi connectivity index (χ4n) is 3.91. The molecule has 0 aliphatic carbocycles. The number of halogens is 3. The number of carbonyl (C=O) groups excluding carboxylic acids is 1. The molecule has 1 saturated heterocycles. The summed E-state index contributed by atoms with van der Waals surface area (Å²) in [5, 5.41) is 16.0. The summed E-state index contributed by atoms with van der Waals surface area (Å²) in [6, 6.07) is 7.39. The molecule has 37 heavy (non-hydrogen) atoms. The number of carbonyl (C=O) groups is 1. The lowest BCUT2D eigenvalue weighted by atomic mass is 10.0. The Kier molecular flexibility index (Phi) is 7.73. The number of alkyl halides is 3. The zero-order valence-corrected chi connectivity index (χ0v) is 20.2. The second kappa shape index (κ2) is 11.0. The molecule has 9 nitrogen and oxygen atoms in total. The smallest absolute Gasteiger partial charge is 0.416 e. The van der Waals surface area contributed by atoms with Gasteiger partial charge in [0.15, 0.2) is 11.6 Å². The second-order valence-corrected chi connectivity index (χ2v) is 8.75. The van der Waals surface area contributed by atoms with E-state index in [9.17, 15) is 18.0 Å². The van der Waals surface area contributed by atoms with E-state index in [4.69, 9.17) is 14.7 Å². The van der Waals surface area contributed by atoms with E-state index in [1.54, 1.807) is 26.0 Å². The number of amides is 1. The summed E-state index contributed by atoms with van der Waals surface area (Å²) >= 11 is 0. The van der Waals surface area contributed by atoms with Crippen LogP contribution in [-0.2, 0) is 10.9 Å². The minimum Gasteiger partial charge on any atom is -0.493 e. The number of nitrogens with one attached hydrogen (secondary N) is 1. The molecule has 2 aromatic heterocycles. The molecule has 3 heterocycles. The summed E-state index contributed by atoms with van der Waals surface area (Å²) in [5.74, 6) is 0.523. The summed E-state index contributed by atoms with van der Waals surface area (Å²) in [7, 11) is 0. The summed E-state index contributed by atoms with van der Waals surface area (Å²) in [5.41, 5.74) is -0.804. The van der Waals surface area contributed by atoms with E-state index in [1.165, 1.54) is 16.9 Å². The number of rotatable bonds is 7. The van der Waals surface area contributed by atoms with Crippen LogP contribution in [0, 0.1) is 24.2 Å². The van der Waals surface area contributed by atoms with E-state index in [2.05, 4.69) is 20.4 Å². The third-order valence-electron chi connectivity index (χ3n) is 5.89. The minimum absolute atomic E-state index is 0.0279. The number of aryl methyl sites for hydroxylation is 1. The average Bonchev–Trinajstić information content (AvgIpc) is 3.29. The molecule has 1 fully saturated rings. The maximum absolute atomic E-state index is 13.6. The van der Waals surface area contributed by atoms with Gasteiger partial charge in [-0.25, -0.2) is 9.97 Å². The molecule has 12 heteroatoms. The summed E-state index contributed by atoms with van der Waals surface area (Å²) in [6.45, 7) is 4.71. The van der Waals surface area contributed by atoms with Gasteiger partial charge in [-0.2, -0.15) is 23.1 Å². The Bertz CT molecular complexity index is 1290. The molecule has 1 aliphatic rings. The number of aromatic nitrogens is 4. The lowest BCUT2D eigenvalue weighted by molar-refractivity contribution is -0.137. The predicted octanol–water partition coefficient (Wildman–Crippen LogP) is 4.16. The molecule has 1 aromatic carbocycles. The molecule has 0 spiro atoms. The number of benzene rings is 1. The predicted molar refractivity (Wildman–Crippen MR) is 125 cm³/mol. The third kappa shape index (κ3) is 6.42. The molecule has 1 amide bonds. The van der Waals surface area contributed by atoms with Crippen molar-refractivity contribution in [1.29, 1.82) is 5.26 Å². The Morgan fingerprint density at radius 1 is 1.30 bits per heavy atom. The Balaban J connectivity index is 1.55. The van der Waals surface area contributed by atoms with Crippen LogP contribution in [0.5, 0.6) is 5.75 Å². The van der Waals surface area contributed by atoms with Gasteiger partial charge in [0.2, 0.25) is 0 Å². The van der Waals surface area contributed by atoms with Crippen LogP contribution < -0.4 is 10.1 Å². The third-order valence-corrected chi connectivity index (χ3v) is 5.89. The van der Waals surface area contributed by atoms with E-state index in [0.29, 0.717) is 36.2 Å². The number of nitrogens with zero attached hydrogens (tertiary/aromatic N) is 5. The first-order valence-corrected chi connectivity index (χ1v) is 11.7. The van der Waals surface area contributed by atoms with Crippen molar-refractivity contribution in [2.75, 3.05) is 19.8 Å². The van der Waals surface area contributed by atoms with E-state index in [0.717, 1.165) is 25.0 Å². The maximum atomic E-state index is 13.6. The van der Waals surface area contributed by atoms with Gasteiger partial charge in [-0.15, -0.1) is 5.10 Å². The van der Waals surface area contributed by atoms with Gasteiger partial charge in [-0.3, -0.25) is 4.79 Å². The lowest BCUT2D eigenvalue weighted by Gasteiger charge is -2.22. The molecule has 1 N–H and O–H groups in total. The van der Waals surface area contributed by atoms with Gasteiger partial charge in [-0.05, 0) is 62.9 Å². The van der Waals surface area contributed by atoms with Crippen LogP contribution in [-0.4, -0.2) is 45.5 Å². The SMILES string of the molecule is Cc1nc(C(C)NC(=O)c2cc(OCC3CCOCC3)cc(C(F)(F)F)c2)n(-c2ccc(C#N)cn2)n1. The van der Waals surface area contributed by atoms with Crippen molar-refractivity contribution in [1.82, 2.24) is 25.1 Å². The van der Waals surface area contributed by atoms with Crippen molar-refractivity contribution in [2.24, 2.45) is 5.92 Å². The Morgan fingerprint density at radius 2 is 2.05 bits per heavy atom. The van der Waals surface area contributed by atoms with Crippen molar-refractivity contribution >= 4 is 5.91 Å². The Morgan fingerprint density at radius 3 is 2.70 bits per heavy atom. The second-order valence-electron chi connectivity index (χ2n) is 8.75. The first-order valence-electron chi connectivity index (χ1n) is 11.7. The summed E-state index contributed by atoms with van der Waals surface area (Å²) in [6.07, 6.45) is -1.75. The zero-order chi connectivity index (χ0) is 26.6. The molecule has 1 unspecified atom stereocenters. The van der Waals surface area contributed by atoms with Gasteiger partial charge in [0.1, 0.15) is 17.6 Å². The quantitative estimate of drug-likeness (QED) is 0.504. The van der Waals surface area contributed by atoms with Gasteiger partial charge < -0.3 is 14.8 Å². The van der Waals surface area contributed by atoms with Crippen LogP contribution >= 0.6 is 0 Å². The van der Waals surface area contributed by atoms with Crippen LogP contribution in [0.4, 0.5) is 13.2 Å². The first kappa shape index (κ1) is 26.1. The van der Waals surface area contributed by atoms with Crippen molar-refractivity contribution in [2.45, 2.75) is 38.9 Å². The van der Waals surface area contributed by atoms with Crippen LogP contribution in [0.1, 0.15) is 58.9 Å². The van der Waals surface area contributed by atoms with Crippen molar-refractivity contribution in [3.05, 3.63) is 64.9 Å². The minimum atomic E-state index is -4.66. The van der Waals surface area contributed by atoms with Crippen LogP contribution in [0.2, 0.25) is 0 Å². The maximum Gasteiger partial charge on any atom is 0.416 e. The largest absolute Gasteiger partial charge is 0.493 e. The molecule has 0 bridgehead atoms. The highest BCUT2D eigenvalue weighted by atomic mass is 19.4. The molecule has 3 aromatic rings. The monoisotopic (exact) mass is 514 g/mol. The van der Waals surface area contributed by atoms with Crippen molar-refractivity contribution < 1.29 is 27.4 Å². The average molecular weight is 515 g/mol. The molecular weight excluding hydrogens is 489 g/mol. The highest BCUT2D eigenvalue weighted by Gasteiger charge is 2.32. The summed E-state index contributed by atoms with van der Waals surface area (Å²) in [4.78, 5) is 21.6. The number of hydrogen-bond acceptors (Lipinski definition) is 7. The number of nitriles is 1. The van der Waals surface area contributed by atoms with Gasteiger partial charge >= 0.3 is 6.18 Å². The van der Waals surface area contributed by atoms with Crippen molar-refractivity contribution in [3.63, 3.8) is 0 Å². The van der Waals surface area contributed by atoms with Crippen LogP contribution in [0.25, 0.3) is 5.82 Å². The topological polar surface area (TPSA) is 115 Å². The van der Waals surface area contributed by atoms with Gasteiger partial charge in [-0.1, -0.05) is 0 Å². The fraction of sp³-hybridized carbons (Fsp3) is 0.400. The first-order chi connectivity index (χ1) is 17.6. The van der Waals surface area contributed by atoms with Crippen LogP contribution in [0.3, 0.4) is 0 Å².